The third-order valence-electron chi connectivity index (χ3n) is 3.53. The number of thiazole rings is 1. The quantitative estimate of drug-likeness (QED) is 0.943. The molecule has 4 nitrogen and oxygen atoms in total. The number of aliphatic hydroxyl groups excluding tert-OH is 1. The maximum absolute atomic E-state index is 9.38. The van der Waals surface area contributed by atoms with Crippen LogP contribution in [0.1, 0.15) is 15.6 Å². The lowest BCUT2D eigenvalue weighted by atomic mass is 10.2. The van der Waals surface area contributed by atoms with Crippen LogP contribution in [0.5, 0.6) is 5.75 Å². The Morgan fingerprint density at radius 1 is 1.40 bits per heavy atom. The van der Waals surface area contributed by atoms with E-state index in [4.69, 9.17) is 4.74 Å². The molecule has 3 rings (SSSR count). The van der Waals surface area contributed by atoms with E-state index < -0.39 is 0 Å². The van der Waals surface area contributed by atoms with Gasteiger partial charge in [-0.3, -0.25) is 0 Å². The van der Waals surface area contributed by atoms with E-state index in [0.717, 1.165) is 28.7 Å². The summed E-state index contributed by atoms with van der Waals surface area (Å²) in [6.45, 7) is 5.61. The smallest absolute Gasteiger partial charge is 0.143 e. The normalized spacial score (nSPS) is 17.8. The highest BCUT2D eigenvalue weighted by atomic mass is 32.1. The number of hydrogen-bond donors (Lipinski definition) is 1. The molecule has 1 aromatic carbocycles. The molecule has 20 heavy (non-hydrogen) atoms. The summed E-state index contributed by atoms with van der Waals surface area (Å²) in [6.07, 6.45) is -0.174. The first-order chi connectivity index (χ1) is 9.67. The van der Waals surface area contributed by atoms with Crippen LogP contribution < -0.4 is 9.64 Å². The van der Waals surface area contributed by atoms with Crippen molar-refractivity contribution < 1.29 is 9.84 Å². The fourth-order valence-corrected chi connectivity index (χ4v) is 3.34. The number of nitrogens with zero attached hydrogens (tertiary/aromatic N) is 2. The Bertz CT molecular complexity index is 592. The van der Waals surface area contributed by atoms with Crippen molar-refractivity contribution in [1.29, 1.82) is 0 Å². The SMILES string of the molecule is Cc1nc(CN2C[C@H](CO)Oc3ccccc32)sc1C. The second-order valence-electron chi connectivity index (χ2n) is 5.02. The number of aliphatic hydroxyl groups is 1. The van der Waals surface area contributed by atoms with Gasteiger partial charge < -0.3 is 14.7 Å². The van der Waals surface area contributed by atoms with Crippen molar-refractivity contribution >= 4 is 17.0 Å². The lowest BCUT2D eigenvalue weighted by molar-refractivity contribution is 0.112. The average molecular weight is 290 g/mol. The standard InChI is InChI=1S/C15H18N2O2S/c1-10-11(2)20-15(16-10)8-17-7-12(9-18)19-14-6-4-3-5-13(14)17/h3-6,12,18H,7-9H2,1-2H3/t12-/m1/s1. The van der Waals surface area contributed by atoms with Gasteiger partial charge in [0, 0.05) is 4.88 Å². The van der Waals surface area contributed by atoms with E-state index in [2.05, 4.69) is 22.9 Å². The molecule has 1 aliphatic heterocycles. The lowest BCUT2D eigenvalue weighted by Gasteiger charge is -2.35. The monoisotopic (exact) mass is 290 g/mol. The molecule has 1 aliphatic rings. The summed E-state index contributed by atoms with van der Waals surface area (Å²) < 4.78 is 5.77. The van der Waals surface area contributed by atoms with Gasteiger partial charge in [-0.05, 0) is 26.0 Å². The summed E-state index contributed by atoms with van der Waals surface area (Å²) in [5.41, 5.74) is 2.17. The molecule has 1 atom stereocenters. The van der Waals surface area contributed by atoms with Gasteiger partial charge in [0.2, 0.25) is 0 Å². The molecule has 1 N–H and O–H groups in total. The van der Waals surface area contributed by atoms with Gasteiger partial charge in [-0.15, -0.1) is 11.3 Å². The third kappa shape index (κ3) is 2.51. The number of benzene rings is 1. The number of anilines is 1. The Balaban J connectivity index is 1.88. The van der Waals surface area contributed by atoms with Crippen molar-refractivity contribution in [2.75, 3.05) is 18.1 Å². The third-order valence-corrected chi connectivity index (χ3v) is 4.58. The van der Waals surface area contributed by atoms with E-state index in [1.54, 1.807) is 11.3 Å². The minimum atomic E-state index is -0.174. The van der Waals surface area contributed by atoms with Crippen molar-refractivity contribution in [1.82, 2.24) is 4.98 Å². The van der Waals surface area contributed by atoms with E-state index in [0.29, 0.717) is 6.54 Å². The zero-order valence-corrected chi connectivity index (χ0v) is 12.5. The van der Waals surface area contributed by atoms with Crippen molar-refractivity contribution in [2.24, 2.45) is 0 Å². The Morgan fingerprint density at radius 3 is 2.90 bits per heavy atom. The van der Waals surface area contributed by atoms with E-state index in [-0.39, 0.29) is 12.7 Å². The second-order valence-corrected chi connectivity index (χ2v) is 6.31. The van der Waals surface area contributed by atoms with Gasteiger partial charge in [0.25, 0.3) is 0 Å². The number of ether oxygens (including phenoxy) is 1. The minimum absolute atomic E-state index is 0.0285. The minimum Gasteiger partial charge on any atom is -0.484 e. The van der Waals surface area contributed by atoms with Crippen molar-refractivity contribution in [2.45, 2.75) is 26.5 Å². The molecule has 0 aliphatic carbocycles. The maximum atomic E-state index is 9.38. The number of fused-ring (bicyclic) bond motifs is 1. The van der Waals surface area contributed by atoms with E-state index in [9.17, 15) is 5.11 Å². The highest BCUT2D eigenvalue weighted by Crippen LogP contribution is 2.34. The summed E-state index contributed by atoms with van der Waals surface area (Å²) in [5.74, 6) is 0.836. The van der Waals surface area contributed by atoms with Gasteiger partial charge in [-0.25, -0.2) is 4.98 Å². The predicted octanol–water partition coefficient (Wildman–Crippen LogP) is 2.52. The van der Waals surface area contributed by atoms with Gasteiger partial charge in [0.15, 0.2) is 0 Å². The predicted molar refractivity (Wildman–Crippen MR) is 80.6 cm³/mol. The molecular weight excluding hydrogens is 272 g/mol. The van der Waals surface area contributed by atoms with Crippen LogP contribution in [-0.4, -0.2) is 29.3 Å². The first-order valence-electron chi connectivity index (χ1n) is 6.71. The van der Waals surface area contributed by atoms with E-state index in [1.807, 2.05) is 25.1 Å². The number of aryl methyl sites for hydroxylation is 2. The topological polar surface area (TPSA) is 45.6 Å². The molecule has 106 valence electrons. The maximum Gasteiger partial charge on any atom is 0.143 e. The van der Waals surface area contributed by atoms with Crippen LogP contribution in [0.15, 0.2) is 24.3 Å². The Hall–Kier alpha value is -1.59. The zero-order chi connectivity index (χ0) is 14.1. The van der Waals surface area contributed by atoms with Crippen molar-refractivity contribution in [3.63, 3.8) is 0 Å². The molecule has 0 saturated heterocycles. The fraction of sp³-hybridized carbons (Fsp3) is 0.400. The Morgan fingerprint density at radius 2 is 2.20 bits per heavy atom. The van der Waals surface area contributed by atoms with Gasteiger partial charge in [0.05, 0.1) is 31.1 Å². The number of rotatable bonds is 3. The van der Waals surface area contributed by atoms with Gasteiger partial charge in [-0.1, -0.05) is 12.1 Å². The van der Waals surface area contributed by atoms with Crippen LogP contribution in [0.3, 0.4) is 0 Å². The van der Waals surface area contributed by atoms with Gasteiger partial charge in [-0.2, -0.15) is 0 Å². The van der Waals surface area contributed by atoms with Crippen LogP contribution in [0.25, 0.3) is 0 Å². The van der Waals surface area contributed by atoms with Gasteiger partial charge in [0.1, 0.15) is 16.9 Å². The Kier molecular flexibility index (Phi) is 3.63. The van der Waals surface area contributed by atoms with Crippen LogP contribution in [0, 0.1) is 13.8 Å². The fourth-order valence-electron chi connectivity index (χ4n) is 2.39. The van der Waals surface area contributed by atoms with Crippen LogP contribution in [0.4, 0.5) is 5.69 Å². The summed E-state index contributed by atoms with van der Waals surface area (Å²) in [4.78, 5) is 8.10. The van der Waals surface area contributed by atoms with E-state index in [1.165, 1.54) is 4.88 Å². The zero-order valence-electron chi connectivity index (χ0n) is 11.7. The summed E-state index contributed by atoms with van der Waals surface area (Å²) in [5, 5.41) is 10.5. The summed E-state index contributed by atoms with van der Waals surface area (Å²) >= 11 is 1.74. The highest BCUT2D eigenvalue weighted by molar-refractivity contribution is 7.11. The Labute approximate surface area is 122 Å². The molecule has 0 fully saturated rings. The average Bonchev–Trinajstić information content (AvgIpc) is 2.77. The largest absolute Gasteiger partial charge is 0.484 e. The number of para-hydroxylation sites is 2. The first kappa shape index (κ1) is 13.4. The molecular formula is C15H18N2O2S. The molecule has 2 heterocycles. The second kappa shape index (κ2) is 5.42. The molecule has 0 saturated carbocycles. The molecule has 2 aromatic rings. The molecule has 0 spiro atoms. The van der Waals surface area contributed by atoms with Crippen molar-refractivity contribution in [3.05, 3.63) is 39.8 Å². The highest BCUT2D eigenvalue weighted by Gasteiger charge is 2.25. The summed E-state index contributed by atoms with van der Waals surface area (Å²) in [6, 6.07) is 7.96. The molecule has 0 bridgehead atoms. The lowest BCUT2D eigenvalue weighted by Crippen LogP contribution is -2.41. The van der Waals surface area contributed by atoms with Gasteiger partial charge >= 0.3 is 0 Å². The van der Waals surface area contributed by atoms with Crippen LogP contribution in [0.2, 0.25) is 0 Å². The van der Waals surface area contributed by atoms with Crippen LogP contribution >= 0.6 is 11.3 Å². The van der Waals surface area contributed by atoms with E-state index >= 15 is 0 Å². The molecule has 5 heteroatoms. The molecule has 0 amide bonds. The number of aromatic nitrogens is 1. The summed E-state index contributed by atoms with van der Waals surface area (Å²) in [7, 11) is 0. The van der Waals surface area contributed by atoms with Crippen molar-refractivity contribution in [3.8, 4) is 5.75 Å². The first-order valence-corrected chi connectivity index (χ1v) is 7.53. The molecule has 1 aromatic heterocycles. The molecule has 0 unspecified atom stereocenters. The van der Waals surface area contributed by atoms with Crippen LogP contribution in [-0.2, 0) is 6.54 Å². The molecule has 0 radical (unpaired) electrons. The number of hydrogen-bond acceptors (Lipinski definition) is 5.